The van der Waals surface area contributed by atoms with Gasteiger partial charge in [0.1, 0.15) is 12.4 Å². The van der Waals surface area contributed by atoms with Crippen LogP contribution in [0.2, 0.25) is 0 Å². The van der Waals surface area contributed by atoms with Crippen molar-refractivity contribution in [2.75, 3.05) is 44.4 Å². The van der Waals surface area contributed by atoms with Gasteiger partial charge >= 0.3 is 0 Å². The third kappa shape index (κ3) is 5.80. The predicted molar refractivity (Wildman–Crippen MR) is 99.6 cm³/mol. The highest BCUT2D eigenvalue weighted by Gasteiger charge is 2.10. The molecule has 0 bridgehead atoms. The third-order valence-electron chi connectivity index (χ3n) is 3.94. The maximum absolute atomic E-state index is 5.60. The molecule has 0 aromatic heterocycles. The number of para-hydroxylation sites is 1. The standard InChI is InChI=1S/C20H24N2O3/c1-2-5-20(6-3-1)24-13-4-14-25-21-17-18-7-9-19(10-8-18)22-11-15-23-16-12-22/h1-3,5-10,17H,4,11-16H2/b21-17+. The van der Waals surface area contributed by atoms with Gasteiger partial charge in [-0.1, -0.05) is 35.5 Å². The maximum atomic E-state index is 5.60. The minimum Gasteiger partial charge on any atom is -0.493 e. The number of benzene rings is 2. The van der Waals surface area contributed by atoms with E-state index in [9.17, 15) is 0 Å². The summed E-state index contributed by atoms with van der Waals surface area (Å²) in [4.78, 5) is 7.61. The number of morpholine rings is 1. The Morgan fingerprint density at radius 1 is 0.960 bits per heavy atom. The van der Waals surface area contributed by atoms with E-state index in [0.29, 0.717) is 13.2 Å². The number of hydrogen-bond acceptors (Lipinski definition) is 5. The molecular formula is C20H24N2O3. The Morgan fingerprint density at radius 3 is 2.48 bits per heavy atom. The van der Waals surface area contributed by atoms with E-state index in [-0.39, 0.29) is 0 Å². The summed E-state index contributed by atoms with van der Waals surface area (Å²) < 4.78 is 11.0. The molecular weight excluding hydrogens is 316 g/mol. The van der Waals surface area contributed by atoms with Crippen LogP contribution in [0.4, 0.5) is 5.69 Å². The average Bonchev–Trinajstić information content (AvgIpc) is 2.69. The van der Waals surface area contributed by atoms with Crippen LogP contribution in [0.25, 0.3) is 0 Å². The number of anilines is 1. The summed E-state index contributed by atoms with van der Waals surface area (Å²) in [5.41, 5.74) is 2.25. The summed E-state index contributed by atoms with van der Waals surface area (Å²) in [5, 5.41) is 4.01. The van der Waals surface area contributed by atoms with Gasteiger partial charge in [-0.2, -0.15) is 0 Å². The topological polar surface area (TPSA) is 43.3 Å². The van der Waals surface area contributed by atoms with Gasteiger partial charge in [-0.25, -0.2) is 0 Å². The van der Waals surface area contributed by atoms with Crippen LogP contribution in [0.3, 0.4) is 0 Å². The predicted octanol–water partition coefficient (Wildman–Crippen LogP) is 3.34. The zero-order chi connectivity index (χ0) is 17.2. The monoisotopic (exact) mass is 340 g/mol. The van der Waals surface area contributed by atoms with E-state index in [4.69, 9.17) is 14.3 Å². The first-order valence-electron chi connectivity index (χ1n) is 8.68. The van der Waals surface area contributed by atoms with E-state index in [0.717, 1.165) is 44.0 Å². The molecule has 0 N–H and O–H groups in total. The summed E-state index contributed by atoms with van der Waals surface area (Å²) in [7, 11) is 0. The second-order valence-electron chi connectivity index (χ2n) is 5.77. The van der Waals surface area contributed by atoms with Gasteiger partial charge in [-0.3, -0.25) is 0 Å². The van der Waals surface area contributed by atoms with Crippen LogP contribution in [-0.4, -0.2) is 45.7 Å². The highest BCUT2D eigenvalue weighted by atomic mass is 16.6. The van der Waals surface area contributed by atoms with E-state index in [1.807, 2.05) is 30.3 Å². The molecule has 1 aliphatic heterocycles. The molecule has 0 spiro atoms. The van der Waals surface area contributed by atoms with Crippen molar-refractivity contribution in [2.45, 2.75) is 6.42 Å². The first-order chi connectivity index (χ1) is 12.4. The van der Waals surface area contributed by atoms with Crippen molar-refractivity contribution in [3.05, 3.63) is 60.2 Å². The van der Waals surface area contributed by atoms with E-state index in [1.165, 1.54) is 5.69 Å². The lowest BCUT2D eigenvalue weighted by atomic mass is 10.2. The highest BCUT2D eigenvalue weighted by molar-refractivity contribution is 5.79. The molecule has 1 aliphatic rings. The lowest BCUT2D eigenvalue weighted by Crippen LogP contribution is -2.36. The molecule has 5 nitrogen and oxygen atoms in total. The van der Waals surface area contributed by atoms with Crippen molar-refractivity contribution in [1.29, 1.82) is 0 Å². The molecule has 0 aliphatic carbocycles. The molecule has 2 aromatic rings. The molecule has 3 rings (SSSR count). The molecule has 25 heavy (non-hydrogen) atoms. The smallest absolute Gasteiger partial charge is 0.120 e. The second kappa shape index (κ2) is 9.69. The molecule has 0 atom stereocenters. The number of ether oxygens (including phenoxy) is 2. The fraction of sp³-hybridized carbons (Fsp3) is 0.350. The first-order valence-corrected chi connectivity index (χ1v) is 8.68. The van der Waals surface area contributed by atoms with Crippen LogP contribution in [0.1, 0.15) is 12.0 Å². The van der Waals surface area contributed by atoms with E-state index in [1.54, 1.807) is 6.21 Å². The van der Waals surface area contributed by atoms with Gasteiger partial charge < -0.3 is 19.2 Å². The largest absolute Gasteiger partial charge is 0.493 e. The van der Waals surface area contributed by atoms with Crippen LogP contribution in [0.5, 0.6) is 5.75 Å². The van der Waals surface area contributed by atoms with Gasteiger partial charge in [0, 0.05) is 25.2 Å². The van der Waals surface area contributed by atoms with Crippen LogP contribution in [0, 0.1) is 0 Å². The summed E-state index contributed by atoms with van der Waals surface area (Å²) in [6.07, 6.45) is 2.53. The number of nitrogens with zero attached hydrogens (tertiary/aromatic N) is 2. The minimum absolute atomic E-state index is 0.537. The fourth-order valence-electron chi connectivity index (χ4n) is 2.57. The summed E-state index contributed by atoms with van der Waals surface area (Å²) >= 11 is 0. The Balaban J connectivity index is 1.33. The SMILES string of the molecule is C(=N\OCCCOc1ccccc1)/c1ccc(N2CCOCC2)cc1. The van der Waals surface area contributed by atoms with Crippen LogP contribution in [0.15, 0.2) is 59.8 Å². The summed E-state index contributed by atoms with van der Waals surface area (Å²) in [6, 6.07) is 18.1. The molecule has 5 heteroatoms. The van der Waals surface area contributed by atoms with E-state index in [2.05, 4.69) is 34.3 Å². The van der Waals surface area contributed by atoms with Gasteiger partial charge in [0.15, 0.2) is 0 Å². The quantitative estimate of drug-likeness (QED) is 0.420. The third-order valence-corrected chi connectivity index (χ3v) is 3.94. The van der Waals surface area contributed by atoms with Gasteiger partial charge in [0.2, 0.25) is 0 Å². The zero-order valence-electron chi connectivity index (χ0n) is 14.3. The molecule has 1 heterocycles. The van der Waals surface area contributed by atoms with Gasteiger partial charge in [-0.15, -0.1) is 0 Å². The van der Waals surface area contributed by atoms with E-state index >= 15 is 0 Å². The first kappa shape index (κ1) is 17.3. The molecule has 1 saturated heterocycles. The van der Waals surface area contributed by atoms with Gasteiger partial charge in [0.25, 0.3) is 0 Å². The number of rotatable bonds is 8. The lowest BCUT2D eigenvalue weighted by Gasteiger charge is -2.28. The second-order valence-corrected chi connectivity index (χ2v) is 5.77. The normalized spacial score (nSPS) is 14.6. The molecule has 0 saturated carbocycles. The fourth-order valence-corrected chi connectivity index (χ4v) is 2.57. The molecule has 132 valence electrons. The van der Waals surface area contributed by atoms with E-state index < -0.39 is 0 Å². The van der Waals surface area contributed by atoms with Gasteiger partial charge in [-0.05, 0) is 29.8 Å². The van der Waals surface area contributed by atoms with Crippen molar-refractivity contribution in [2.24, 2.45) is 5.16 Å². The van der Waals surface area contributed by atoms with Crippen molar-refractivity contribution in [3.63, 3.8) is 0 Å². The minimum atomic E-state index is 0.537. The van der Waals surface area contributed by atoms with Crippen molar-refractivity contribution in [1.82, 2.24) is 0 Å². The lowest BCUT2D eigenvalue weighted by molar-refractivity contribution is 0.122. The van der Waals surface area contributed by atoms with Gasteiger partial charge in [0.05, 0.1) is 26.0 Å². The molecule has 0 radical (unpaired) electrons. The number of oxime groups is 1. The zero-order valence-corrected chi connectivity index (χ0v) is 14.3. The Kier molecular flexibility index (Phi) is 6.70. The Labute approximate surface area is 148 Å². The van der Waals surface area contributed by atoms with Crippen molar-refractivity contribution < 1.29 is 14.3 Å². The van der Waals surface area contributed by atoms with Crippen LogP contribution in [-0.2, 0) is 9.57 Å². The maximum Gasteiger partial charge on any atom is 0.120 e. The Hall–Kier alpha value is -2.53. The highest BCUT2D eigenvalue weighted by Crippen LogP contribution is 2.16. The Morgan fingerprint density at radius 2 is 1.72 bits per heavy atom. The van der Waals surface area contributed by atoms with Crippen LogP contribution < -0.4 is 9.64 Å². The van der Waals surface area contributed by atoms with Crippen molar-refractivity contribution >= 4 is 11.9 Å². The molecule has 1 fully saturated rings. The number of hydrogen-bond donors (Lipinski definition) is 0. The van der Waals surface area contributed by atoms with Crippen LogP contribution >= 0.6 is 0 Å². The molecule has 0 unspecified atom stereocenters. The van der Waals surface area contributed by atoms with Crippen molar-refractivity contribution in [3.8, 4) is 5.75 Å². The molecule has 0 amide bonds. The molecule has 2 aromatic carbocycles. The average molecular weight is 340 g/mol. The summed E-state index contributed by atoms with van der Waals surface area (Å²) in [6.45, 7) is 4.64. The Bertz CT molecular complexity index is 638. The summed E-state index contributed by atoms with van der Waals surface area (Å²) in [5.74, 6) is 0.881.